The standard InChI is InChI=1S/C17H21N7O2/c1-13-8-19-23(9-13)10-14-4-6-22(7-5-14)17(25)11-26-16-3-2-15-20-18-12-24(15)21-16/h2-3,8-9,12,14H,4-7,10-11H2,1H3. The van der Waals surface area contributed by atoms with Gasteiger partial charge in [0.05, 0.1) is 6.20 Å². The van der Waals surface area contributed by atoms with E-state index in [0.29, 0.717) is 17.4 Å². The van der Waals surface area contributed by atoms with Crippen LogP contribution in [0.25, 0.3) is 5.65 Å². The van der Waals surface area contributed by atoms with Crippen LogP contribution in [-0.4, -0.2) is 60.1 Å². The van der Waals surface area contributed by atoms with Crippen molar-refractivity contribution in [3.63, 3.8) is 0 Å². The smallest absolute Gasteiger partial charge is 0.260 e. The quantitative estimate of drug-likeness (QED) is 0.677. The minimum Gasteiger partial charge on any atom is -0.467 e. The van der Waals surface area contributed by atoms with Crippen LogP contribution in [-0.2, 0) is 11.3 Å². The van der Waals surface area contributed by atoms with Crippen molar-refractivity contribution in [1.82, 2.24) is 34.5 Å². The summed E-state index contributed by atoms with van der Waals surface area (Å²) >= 11 is 0. The number of fused-ring (bicyclic) bond motifs is 1. The van der Waals surface area contributed by atoms with Crippen LogP contribution in [0.3, 0.4) is 0 Å². The van der Waals surface area contributed by atoms with E-state index in [1.54, 1.807) is 12.1 Å². The molecule has 26 heavy (non-hydrogen) atoms. The van der Waals surface area contributed by atoms with Crippen molar-refractivity contribution in [2.45, 2.75) is 26.3 Å². The van der Waals surface area contributed by atoms with Gasteiger partial charge in [0.25, 0.3) is 5.91 Å². The van der Waals surface area contributed by atoms with Gasteiger partial charge >= 0.3 is 0 Å². The van der Waals surface area contributed by atoms with Crippen LogP contribution in [0.2, 0.25) is 0 Å². The molecule has 1 aliphatic rings. The Bertz CT molecular complexity index is 895. The zero-order valence-electron chi connectivity index (χ0n) is 14.7. The third kappa shape index (κ3) is 3.66. The fourth-order valence-corrected chi connectivity index (χ4v) is 3.21. The molecule has 9 nitrogen and oxygen atoms in total. The summed E-state index contributed by atoms with van der Waals surface area (Å²) in [6.07, 6.45) is 7.40. The summed E-state index contributed by atoms with van der Waals surface area (Å²) in [5, 5.41) is 16.2. The van der Waals surface area contributed by atoms with Crippen molar-refractivity contribution in [3.05, 3.63) is 36.4 Å². The number of hydrogen-bond acceptors (Lipinski definition) is 6. The molecular formula is C17H21N7O2. The second-order valence-corrected chi connectivity index (χ2v) is 6.66. The van der Waals surface area contributed by atoms with Gasteiger partial charge in [-0.1, -0.05) is 0 Å². The number of aromatic nitrogens is 6. The maximum Gasteiger partial charge on any atom is 0.260 e. The highest BCUT2D eigenvalue weighted by Gasteiger charge is 2.23. The van der Waals surface area contributed by atoms with Gasteiger partial charge in [-0.3, -0.25) is 9.48 Å². The van der Waals surface area contributed by atoms with E-state index in [-0.39, 0.29) is 12.5 Å². The fourth-order valence-electron chi connectivity index (χ4n) is 3.21. The number of amides is 1. The summed E-state index contributed by atoms with van der Waals surface area (Å²) in [4.78, 5) is 14.2. The van der Waals surface area contributed by atoms with Crippen molar-refractivity contribution in [2.24, 2.45) is 5.92 Å². The Labute approximate surface area is 150 Å². The number of piperidine rings is 1. The van der Waals surface area contributed by atoms with Crippen LogP contribution < -0.4 is 4.74 Å². The molecule has 3 aromatic heterocycles. The number of aryl methyl sites for hydroxylation is 1. The molecule has 3 aromatic rings. The van der Waals surface area contributed by atoms with E-state index in [2.05, 4.69) is 26.6 Å². The Hall–Kier alpha value is -2.97. The van der Waals surface area contributed by atoms with Gasteiger partial charge < -0.3 is 9.64 Å². The monoisotopic (exact) mass is 355 g/mol. The highest BCUT2D eigenvalue weighted by Crippen LogP contribution is 2.19. The van der Waals surface area contributed by atoms with Gasteiger partial charge in [-0.15, -0.1) is 15.3 Å². The van der Waals surface area contributed by atoms with Crippen molar-refractivity contribution >= 4 is 11.6 Å². The lowest BCUT2D eigenvalue weighted by Gasteiger charge is -2.31. The topological polar surface area (TPSA) is 90.4 Å². The van der Waals surface area contributed by atoms with Crippen LogP contribution in [0.15, 0.2) is 30.9 Å². The molecule has 0 N–H and O–H groups in total. The molecule has 0 unspecified atom stereocenters. The minimum absolute atomic E-state index is 0.0102. The third-order valence-corrected chi connectivity index (χ3v) is 4.66. The molecule has 0 saturated carbocycles. The zero-order chi connectivity index (χ0) is 17.9. The number of nitrogens with zero attached hydrogens (tertiary/aromatic N) is 7. The Balaban J connectivity index is 1.25. The third-order valence-electron chi connectivity index (χ3n) is 4.66. The van der Waals surface area contributed by atoms with Gasteiger partial charge in [0.1, 0.15) is 6.33 Å². The molecule has 0 spiro atoms. The van der Waals surface area contributed by atoms with Crippen LogP contribution >= 0.6 is 0 Å². The van der Waals surface area contributed by atoms with E-state index in [4.69, 9.17) is 4.74 Å². The first kappa shape index (κ1) is 16.5. The first-order valence-electron chi connectivity index (χ1n) is 8.74. The van der Waals surface area contributed by atoms with Crippen molar-refractivity contribution in [3.8, 4) is 5.88 Å². The maximum absolute atomic E-state index is 12.4. The van der Waals surface area contributed by atoms with E-state index in [0.717, 1.165) is 32.5 Å². The summed E-state index contributed by atoms with van der Waals surface area (Å²) in [7, 11) is 0. The molecule has 9 heteroatoms. The summed E-state index contributed by atoms with van der Waals surface area (Å²) in [5.74, 6) is 0.927. The van der Waals surface area contributed by atoms with E-state index in [1.807, 2.05) is 22.7 Å². The molecule has 4 heterocycles. The van der Waals surface area contributed by atoms with Gasteiger partial charge in [0.2, 0.25) is 5.88 Å². The van der Waals surface area contributed by atoms with Crippen molar-refractivity contribution in [1.29, 1.82) is 0 Å². The lowest BCUT2D eigenvalue weighted by atomic mass is 9.97. The summed E-state index contributed by atoms with van der Waals surface area (Å²) in [6.45, 7) is 4.45. The average Bonchev–Trinajstić information content (AvgIpc) is 3.28. The number of carbonyl (C=O) groups is 1. The SMILES string of the molecule is Cc1cnn(CC2CCN(C(=O)COc3ccc4nncn4n3)CC2)c1. The Morgan fingerprint density at radius 3 is 2.92 bits per heavy atom. The van der Waals surface area contributed by atoms with Crippen LogP contribution in [0.1, 0.15) is 18.4 Å². The molecule has 1 aliphatic heterocycles. The van der Waals surface area contributed by atoms with Crippen molar-refractivity contribution < 1.29 is 9.53 Å². The first-order chi connectivity index (χ1) is 12.7. The lowest BCUT2D eigenvalue weighted by molar-refractivity contribution is -0.134. The summed E-state index contributed by atoms with van der Waals surface area (Å²) in [6, 6.07) is 3.44. The number of likely N-dealkylation sites (tertiary alicyclic amines) is 1. The van der Waals surface area contributed by atoms with E-state index >= 15 is 0 Å². The van der Waals surface area contributed by atoms with E-state index in [1.165, 1.54) is 16.4 Å². The number of ether oxygens (including phenoxy) is 1. The second kappa shape index (κ2) is 7.11. The van der Waals surface area contributed by atoms with E-state index in [9.17, 15) is 4.79 Å². The Kier molecular flexibility index (Phi) is 4.51. The predicted molar refractivity (Wildman–Crippen MR) is 92.5 cm³/mol. The molecule has 0 aromatic carbocycles. The highest BCUT2D eigenvalue weighted by molar-refractivity contribution is 5.77. The fraction of sp³-hybridized carbons (Fsp3) is 0.471. The molecule has 0 aliphatic carbocycles. The Morgan fingerprint density at radius 1 is 1.31 bits per heavy atom. The molecule has 4 rings (SSSR count). The number of rotatable bonds is 5. The minimum atomic E-state index is -0.0103. The molecule has 0 bridgehead atoms. The highest BCUT2D eigenvalue weighted by atomic mass is 16.5. The number of hydrogen-bond donors (Lipinski definition) is 0. The van der Waals surface area contributed by atoms with Gasteiger partial charge in [0, 0.05) is 31.9 Å². The molecule has 1 fully saturated rings. The number of carbonyl (C=O) groups excluding carboxylic acids is 1. The summed E-state index contributed by atoms with van der Waals surface area (Å²) < 4.78 is 9.04. The van der Waals surface area contributed by atoms with Gasteiger partial charge in [0.15, 0.2) is 12.3 Å². The van der Waals surface area contributed by atoms with Gasteiger partial charge in [-0.2, -0.15) is 9.61 Å². The predicted octanol–water partition coefficient (Wildman–Crippen LogP) is 0.947. The van der Waals surface area contributed by atoms with Crippen molar-refractivity contribution in [2.75, 3.05) is 19.7 Å². The molecule has 1 amide bonds. The molecule has 0 radical (unpaired) electrons. The normalized spacial score (nSPS) is 15.5. The van der Waals surface area contributed by atoms with Gasteiger partial charge in [-0.25, -0.2) is 0 Å². The van der Waals surface area contributed by atoms with E-state index < -0.39 is 0 Å². The summed E-state index contributed by atoms with van der Waals surface area (Å²) in [5.41, 5.74) is 1.81. The largest absolute Gasteiger partial charge is 0.467 e. The lowest BCUT2D eigenvalue weighted by Crippen LogP contribution is -2.41. The second-order valence-electron chi connectivity index (χ2n) is 6.66. The first-order valence-corrected chi connectivity index (χ1v) is 8.74. The average molecular weight is 355 g/mol. The van der Waals surface area contributed by atoms with Crippen LogP contribution in [0.4, 0.5) is 0 Å². The van der Waals surface area contributed by atoms with Crippen LogP contribution in [0, 0.1) is 12.8 Å². The molecular weight excluding hydrogens is 334 g/mol. The maximum atomic E-state index is 12.4. The van der Waals surface area contributed by atoms with Crippen LogP contribution in [0.5, 0.6) is 5.88 Å². The zero-order valence-corrected chi connectivity index (χ0v) is 14.7. The van der Waals surface area contributed by atoms with Gasteiger partial charge in [-0.05, 0) is 37.3 Å². The molecule has 136 valence electrons. The molecule has 0 atom stereocenters. The molecule has 1 saturated heterocycles. The Morgan fingerprint density at radius 2 is 2.15 bits per heavy atom.